The Morgan fingerprint density at radius 1 is 1.25 bits per heavy atom. The fourth-order valence-electron chi connectivity index (χ4n) is 3.14. The van der Waals surface area contributed by atoms with Crippen LogP contribution in [0, 0.1) is 28.9 Å². The zero-order chi connectivity index (χ0) is 14.5. The molecule has 20 heavy (non-hydrogen) atoms. The van der Waals surface area contributed by atoms with Gasteiger partial charge in [0.15, 0.2) is 0 Å². The number of nitro benzene ring substituents is 1. The SMILES string of the molecule is CCC1CCC(CNc2cccc(C)c2[N+](=O)[O-])CC1. The van der Waals surface area contributed by atoms with Gasteiger partial charge in [-0.1, -0.05) is 38.3 Å². The summed E-state index contributed by atoms with van der Waals surface area (Å²) in [5.74, 6) is 1.54. The highest BCUT2D eigenvalue weighted by Gasteiger charge is 2.21. The van der Waals surface area contributed by atoms with E-state index >= 15 is 0 Å². The third-order valence-electron chi connectivity index (χ3n) is 4.55. The topological polar surface area (TPSA) is 55.2 Å². The first-order valence-corrected chi connectivity index (χ1v) is 7.59. The van der Waals surface area contributed by atoms with E-state index in [0.29, 0.717) is 11.6 Å². The van der Waals surface area contributed by atoms with Gasteiger partial charge < -0.3 is 5.32 Å². The second kappa shape index (κ2) is 6.73. The molecule has 0 heterocycles. The van der Waals surface area contributed by atoms with Gasteiger partial charge in [-0.3, -0.25) is 10.1 Å². The zero-order valence-corrected chi connectivity index (χ0v) is 12.4. The lowest BCUT2D eigenvalue weighted by Gasteiger charge is -2.28. The molecule has 0 amide bonds. The molecular weight excluding hydrogens is 252 g/mol. The molecule has 4 heteroatoms. The smallest absolute Gasteiger partial charge is 0.295 e. The molecule has 0 atom stereocenters. The van der Waals surface area contributed by atoms with Crippen LogP contribution in [0.5, 0.6) is 0 Å². The van der Waals surface area contributed by atoms with Crippen molar-refractivity contribution in [3.63, 3.8) is 0 Å². The van der Waals surface area contributed by atoms with Gasteiger partial charge in [-0.2, -0.15) is 0 Å². The van der Waals surface area contributed by atoms with E-state index in [9.17, 15) is 10.1 Å². The van der Waals surface area contributed by atoms with E-state index in [0.717, 1.165) is 18.0 Å². The highest BCUT2D eigenvalue weighted by molar-refractivity contribution is 5.64. The van der Waals surface area contributed by atoms with Gasteiger partial charge >= 0.3 is 0 Å². The van der Waals surface area contributed by atoms with Crippen LogP contribution in [0.25, 0.3) is 0 Å². The number of benzene rings is 1. The van der Waals surface area contributed by atoms with Crippen LogP contribution in [0.3, 0.4) is 0 Å². The molecule has 1 aliphatic rings. The van der Waals surface area contributed by atoms with Crippen LogP contribution in [-0.2, 0) is 0 Å². The summed E-state index contributed by atoms with van der Waals surface area (Å²) >= 11 is 0. The molecule has 0 radical (unpaired) electrons. The first-order valence-electron chi connectivity index (χ1n) is 7.59. The summed E-state index contributed by atoms with van der Waals surface area (Å²) in [5.41, 5.74) is 1.59. The lowest BCUT2D eigenvalue weighted by atomic mass is 9.81. The maximum absolute atomic E-state index is 11.1. The number of nitrogens with zero attached hydrogens (tertiary/aromatic N) is 1. The third-order valence-corrected chi connectivity index (χ3v) is 4.55. The van der Waals surface area contributed by atoms with Crippen molar-refractivity contribution in [1.29, 1.82) is 0 Å². The van der Waals surface area contributed by atoms with Gasteiger partial charge in [-0.15, -0.1) is 0 Å². The van der Waals surface area contributed by atoms with Crippen LogP contribution >= 0.6 is 0 Å². The van der Waals surface area contributed by atoms with Crippen LogP contribution in [0.4, 0.5) is 11.4 Å². The summed E-state index contributed by atoms with van der Waals surface area (Å²) in [6.07, 6.45) is 6.37. The Balaban J connectivity index is 1.95. The predicted octanol–water partition coefficient (Wildman–Crippen LogP) is 4.53. The Kier molecular flexibility index (Phi) is 4.99. The lowest BCUT2D eigenvalue weighted by molar-refractivity contribution is -0.384. The molecule has 0 aliphatic heterocycles. The molecule has 1 fully saturated rings. The van der Waals surface area contributed by atoms with E-state index in [-0.39, 0.29) is 10.6 Å². The van der Waals surface area contributed by atoms with E-state index in [1.807, 2.05) is 12.1 Å². The zero-order valence-electron chi connectivity index (χ0n) is 12.4. The Morgan fingerprint density at radius 2 is 1.90 bits per heavy atom. The molecule has 0 spiro atoms. The molecule has 1 saturated carbocycles. The standard InChI is InChI=1S/C16H24N2O2/c1-3-13-7-9-14(10-8-13)11-17-15-6-4-5-12(2)16(15)18(19)20/h4-6,13-14,17H,3,7-11H2,1-2H3. The van der Waals surface area contributed by atoms with Gasteiger partial charge in [0.05, 0.1) is 4.92 Å². The van der Waals surface area contributed by atoms with Gasteiger partial charge in [0.25, 0.3) is 5.69 Å². The molecular formula is C16H24N2O2. The molecule has 4 nitrogen and oxygen atoms in total. The first-order chi connectivity index (χ1) is 9.61. The fraction of sp³-hybridized carbons (Fsp3) is 0.625. The molecule has 1 aromatic carbocycles. The van der Waals surface area contributed by atoms with Crippen LogP contribution in [0.15, 0.2) is 18.2 Å². The second-order valence-electron chi connectivity index (χ2n) is 5.90. The number of nitro groups is 1. The van der Waals surface area contributed by atoms with E-state index < -0.39 is 0 Å². The van der Waals surface area contributed by atoms with Crippen molar-refractivity contribution in [2.24, 2.45) is 11.8 Å². The average molecular weight is 276 g/mol. The maximum Gasteiger partial charge on any atom is 0.295 e. The summed E-state index contributed by atoms with van der Waals surface area (Å²) in [4.78, 5) is 10.9. The van der Waals surface area contributed by atoms with Crippen LogP contribution < -0.4 is 5.32 Å². The fourth-order valence-corrected chi connectivity index (χ4v) is 3.14. The number of hydrogen-bond acceptors (Lipinski definition) is 3. The van der Waals surface area contributed by atoms with Crippen LogP contribution in [0.1, 0.15) is 44.6 Å². The van der Waals surface area contributed by atoms with Crippen LogP contribution in [-0.4, -0.2) is 11.5 Å². The molecule has 1 N–H and O–H groups in total. The largest absolute Gasteiger partial charge is 0.379 e. The Hall–Kier alpha value is -1.58. The maximum atomic E-state index is 11.1. The summed E-state index contributed by atoms with van der Waals surface area (Å²) in [5, 5.41) is 14.4. The minimum Gasteiger partial charge on any atom is -0.379 e. The molecule has 1 aliphatic carbocycles. The van der Waals surface area contributed by atoms with Gasteiger partial charge in [0.1, 0.15) is 5.69 Å². The number of anilines is 1. The van der Waals surface area contributed by atoms with Crippen molar-refractivity contribution >= 4 is 11.4 Å². The molecule has 0 bridgehead atoms. The highest BCUT2D eigenvalue weighted by atomic mass is 16.6. The minimum absolute atomic E-state index is 0.217. The quantitative estimate of drug-likeness (QED) is 0.635. The van der Waals surface area contributed by atoms with E-state index in [4.69, 9.17) is 0 Å². The predicted molar refractivity (Wildman–Crippen MR) is 82.1 cm³/mol. The van der Waals surface area contributed by atoms with Gasteiger partial charge in [0.2, 0.25) is 0 Å². The summed E-state index contributed by atoms with van der Waals surface area (Å²) < 4.78 is 0. The van der Waals surface area contributed by atoms with Crippen molar-refractivity contribution in [3.05, 3.63) is 33.9 Å². The average Bonchev–Trinajstić information content (AvgIpc) is 2.45. The highest BCUT2D eigenvalue weighted by Crippen LogP contribution is 2.32. The van der Waals surface area contributed by atoms with Crippen molar-refractivity contribution in [2.75, 3.05) is 11.9 Å². The number of rotatable bonds is 5. The number of aryl methyl sites for hydroxylation is 1. The first kappa shape index (κ1) is 14.8. The Morgan fingerprint density at radius 3 is 2.50 bits per heavy atom. The van der Waals surface area contributed by atoms with Gasteiger partial charge in [0, 0.05) is 12.1 Å². The Labute approximate surface area is 120 Å². The number of nitrogens with one attached hydrogen (secondary N) is 1. The van der Waals surface area contributed by atoms with Crippen molar-refractivity contribution in [1.82, 2.24) is 0 Å². The van der Waals surface area contributed by atoms with Crippen molar-refractivity contribution in [3.8, 4) is 0 Å². The minimum atomic E-state index is -0.286. The van der Waals surface area contributed by atoms with Crippen molar-refractivity contribution < 1.29 is 4.92 Å². The summed E-state index contributed by atoms with van der Waals surface area (Å²) in [7, 11) is 0. The van der Waals surface area contributed by atoms with E-state index in [1.165, 1.54) is 32.1 Å². The van der Waals surface area contributed by atoms with Gasteiger partial charge in [-0.05, 0) is 37.7 Å². The van der Waals surface area contributed by atoms with E-state index in [2.05, 4.69) is 12.2 Å². The molecule has 110 valence electrons. The van der Waals surface area contributed by atoms with E-state index in [1.54, 1.807) is 13.0 Å². The number of para-hydroxylation sites is 1. The molecule has 1 aromatic rings. The van der Waals surface area contributed by atoms with Gasteiger partial charge in [-0.25, -0.2) is 0 Å². The normalized spacial score (nSPS) is 22.5. The molecule has 2 rings (SSSR count). The second-order valence-corrected chi connectivity index (χ2v) is 5.90. The monoisotopic (exact) mass is 276 g/mol. The third kappa shape index (κ3) is 3.50. The molecule has 0 unspecified atom stereocenters. The van der Waals surface area contributed by atoms with Crippen molar-refractivity contribution in [2.45, 2.75) is 46.0 Å². The number of hydrogen-bond donors (Lipinski definition) is 1. The lowest BCUT2D eigenvalue weighted by Crippen LogP contribution is -2.21. The Bertz CT molecular complexity index is 466. The molecule has 0 aromatic heterocycles. The summed E-state index contributed by atoms with van der Waals surface area (Å²) in [6, 6.07) is 5.47. The summed E-state index contributed by atoms with van der Waals surface area (Å²) in [6.45, 7) is 4.90. The molecule has 0 saturated heterocycles. The van der Waals surface area contributed by atoms with Crippen LogP contribution in [0.2, 0.25) is 0 Å².